The Morgan fingerprint density at radius 1 is 1.72 bits per heavy atom. The first-order valence-corrected chi connectivity index (χ1v) is 7.58. The zero-order chi connectivity index (χ0) is 13.5. The molecule has 0 aromatic heterocycles. The molecule has 0 aliphatic carbocycles. The molecule has 1 unspecified atom stereocenters. The Bertz CT molecular complexity index is 330. The van der Waals surface area contributed by atoms with Crippen LogP contribution < -0.4 is 0 Å². The van der Waals surface area contributed by atoms with E-state index in [-0.39, 0.29) is 12.0 Å². The van der Waals surface area contributed by atoms with Crippen molar-refractivity contribution >= 4 is 17.3 Å². The predicted molar refractivity (Wildman–Crippen MR) is 73.3 cm³/mol. The minimum absolute atomic E-state index is 0.290. The van der Waals surface area contributed by atoms with Gasteiger partial charge in [0.2, 0.25) is 0 Å². The molecule has 1 rings (SSSR count). The average Bonchev–Trinajstić information content (AvgIpc) is 2.79. The lowest BCUT2D eigenvalue weighted by atomic mass is 10.1. The number of hydrogen-bond acceptors (Lipinski definition) is 4. The Hall–Kier alpha value is -0.780. The van der Waals surface area contributed by atoms with Crippen molar-refractivity contribution in [1.29, 1.82) is 0 Å². The summed E-state index contributed by atoms with van der Waals surface area (Å²) < 4.78 is 18.9. The van der Waals surface area contributed by atoms with E-state index >= 15 is 0 Å². The van der Waals surface area contributed by atoms with E-state index in [2.05, 4.69) is 13.5 Å². The van der Waals surface area contributed by atoms with E-state index in [1.54, 1.807) is 23.4 Å². The summed E-state index contributed by atoms with van der Waals surface area (Å²) in [6.07, 6.45) is 5.37. The van der Waals surface area contributed by atoms with Crippen LogP contribution in [0, 0.1) is 0 Å². The average molecular weight is 271 g/mol. The Morgan fingerprint density at radius 2 is 2.44 bits per heavy atom. The maximum absolute atomic E-state index is 12.1. The van der Waals surface area contributed by atoms with E-state index in [0.717, 1.165) is 12.8 Å². The first-order valence-electron chi connectivity index (χ1n) is 6.30. The summed E-state index contributed by atoms with van der Waals surface area (Å²) in [5, 5.41) is 0. The minimum atomic E-state index is -1.06. The molecule has 1 aliphatic rings. The summed E-state index contributed by atoms with van der Waals surface area (Å²) in [6, 6.07) is -0.290. The van der Waals surface area contributed by atoms with Crippen LogP contribution in [0.1, 0.15) is 26.7 Å². The van der Waals surface area contributed by atoms with Gasteiger partial charge in [0, 0.05) is 11.4 Å². The zero-order valence-electron chi connectivity index (χ0n) is 11.1. The summed E-state index contributed by atoms with van der Waals surface area (Å²) in [4.78, 5) is 11.7. The fourth-order valence-electron chi connectivity index (χ4n) is 1.84. The van der Waals surface area contributed by atoms with E-state index < -0.39 is 11.4 Å². The molecule has 102 valence electrons. The number of rotatable bonds is 7. The van der Waals surface area contributed by atoms with Gasteiger partial charge in [-0.25, -0.2) is 4.79 Å². The van der Waals surface area contributed by atoms with E-state index in [0.29, 0.717) is 24.5 Å². The summed E-state index contributed by atoms with van der Waals surface area (Å²) in [5.41, 5.74) is 0.552. The topological polar surface area (TPSA) is 52.6 Å². The Labute approximate surface area is 112 Å². The first-order chi connectivity index (χ1) is 8.65. The summed E-state index contributed by atoms with van der Waals surface area (Å²) in [7, 11) is 0. The second-order valence-corrected chi connectivity index (χ2v) is 5.56. The molecule has 4 nitrogen and oxygen atoms in total. The third kappa shape index (κ3) is 3.60. The third-order valence-corrected chi connectivity index (χ3v) is 4.33. The van der Waals surface area contributed by atoms with Crippen LogP contribution in [0.3, 0.4) is 0 Å². The maximum Gasteiger partial charge on any atom is 0.335 e. The van der Waals surface area contributed by atoms with E-state index in [1.165, 1.54) is 0 Å². The van der Waals surface area contributed by atoms with Gasteiger partial charge in [0.05, 0.1) is 18.7 Å². The molecule has 0 amide bonds. The van der Waals surface area contributed by atoms with Crippen LogP contribution in [0.25, 0.3) is 0 Å². The van der Waals surface area contributed by atoms with E-state index in [9.17, 15) is 9.35 Å². The largest absolute Gasteiger partial charge is 0.598 e. The van der Waals surface area contributed by atoms with Crippen molar-refractivity contribution in [3.05, 3.63) is 24.3 Å². The van der Waals surface area contributed by atoms with E-state index in [4.69, 9.17) is 4.74 Å². The molecule has 0 spiro atoms. The highest BCUT2D eigenvalue weighted by Crippen LogP contribution is 2.24. The van der Waals surface area contributed by atoms with Gasteiger partial charge >= 0.3 is 5.97 Å². The lowest BCUT2D eigenvalue weighted by Gasteiger charge is -2.25. The molecule has 5 heteroatoms. The van der Waals surface area contributed by atoms with Gasteiger partial charge in [-0.15, -0.1) is 10.9 Å². The fourth-order valence-corrected chi connectivity index (χ4v) is 3.30. The lowest BCUT2D eigenvalue weighted by molar-refractivity contribution is -0.138. The number of ether oxygens (including phenoxy) is 1. The third-order valence-electron chi connectivity index (χ3n) is 2.79. The molecule has 1 aliphatic heterocycles. The van der Waals surface area contributed by atoms with Crippen LogP contribution in [0.15, 0.2) is 24.3 Å². The Balaban J connectivity index is 2.66. The van der Waals surface area contributed by atoms with E-state index in [1.807, 2.05) is 0 Å². The smallest absolute Gasteiger partial charge is 0.335 e. The monoisotopic (exact) mass is 271 g/mol. The van der Waals surface area contributed by atoms with Gasteiger partial charge < -0.3 is 9.29 Å². The number of carbonyl (C=O) groups is 1. The van der Waals surface area contributed by atoms with Gasteiger partial charge in [-0.3, -0.25) is 0 Å². The van der Waals surface area contributed by atoms with Crippen LogP contribution >= 0.6 is 0 Å². The highest BCUT2D eigenvalue weighted by molar-refractivity contribution is 7.89. The molecule has 0 saturated carbocycles. The molecule has 0 saturated heterocycles. The van der Waals surface area contributed by atoms with Crippen molar-refractivity contribution < 1.29 is 14.1 Å². The van der Waals surface area contributed by atoms with Crippen molar-refractivity contribution in [2.75, 3.05) is 18.9 Å². The van der Waals surface area contributed by atoms with Gasteiger partial charge in [-0.05, 0) is 13.3 Å². The van der Waals surface area contributed by atoms with Gasteiger partial charge in [0.1, 0.15) is 11.8 Å². The van der Waals surface area contributed by atoms with Crippen molar-refractivity contribution in [2.45, 2.75) is 32.7 Å². The molecule has 0 bridgehead atoms. The number of esters is 1. The number of hydrogen-bond donors (Lipinski definition) is 0. The normalized spacial score (nSPS) is 21.5. The minimum Gasteiger partial charge on any atom is -0.598 e. The molecule has 0 aromatic rings. The van der Waals surface area contributed by atoms with Gasteiger partial charge in [-0.2, -0.15) is 0 Å². The number of nitrogens with zero attached hydrogens (tertiary/aromatic N) is 1. The molecular weight excluding hydrogens is 250 g/mol. The van der Waals surface area contributed by atoms with Crippen LogP contribution in [0.2, 0.25) is 0 Å². The number of carbonyl (C=O) groups excluding carboxylic acids is 1. The molecule has 0 radical (unpaired) electrons. The van der Waals surface area contributed by atoms with Gasteiger partial charge in [0.15, 0.2) is 0 Å². The Kier molecular flexibility index (Phi) is 6.46. The molecule has 0 aromatic carbocycles. The molecule has 18 heavy (non-hydrogen) atoms. The lowest BCUT2D eigenvalue weighted by Crippen LogP contribution is -2.39. The summed E-state index contributed by atoms with van der Waals surface area (Å²) >= 11 is -1.06. The standard InChI is InChI=1S/C13H21NO3S/c1-4-7-10-18(16)14-9-8-11(12(14)5-2)13(15)17-6-3/h5,8,12H,2,4,6-7,9-10H2,1,3H3/t12-,18?/m0/s1. The summed E-state index contributed by atoms with van der Waals surface area (Å²) in [6.45, 7) is 8.42. The van der Waals surface area contributed by atoms with Crippen LogP contribution in [0.5, 0.6) is 0 Å². The highest BCUT2D eigenvalue weighted by atomic mass is 32.2. The SMILES string of the molecule is C=C[C@H]1C(C(=O)OCC)=CCN1[S+]([O-])CCCC. The Morgan fingerprint density at radius 3 is 3.00 bits per heavy atom. The molecule has 0 N–H and O–H groups in total. The predicted octanol–water partition coefficient (Wildman–Crippen LogP) is 1.81. The molecule has 0 fully saturated rings. The van der Waals surface area contributed by atoms with Crippen LogP contribution in [0.4, 0.5) is 0 Å². The molecule has 2 atom stereocenters. The first kappa shape index (κ1) is 15.3. The summed E-state index contributed by atoms with van der Waals surface area (Å²) in [5.74, 6) is 0.294. The number of unbranched alkanes of at least 4 members (excludes halogenated alkanes) is 1. The quantitative estimate of drug-likeness (QED) is 0.402. The second-order valence-electron chi connectivity index (χ2n) is 4.04. The van der Waals surface area contributed by atoms with Crippen molar-refractivity contribution in [1.82, 2.24) is 4.31 Å². The molecule has 1 heterocycles. The maximum atomic E-state index is 12.1. The van der Waals surface area contributed by atoms with Crippen molar-refractivity contribution in [3.8, 4) is 0 Å². The second kappa shape index (κ2) is 7.61. The zero-order valence-corrected chi connectivity index (χ0v) is 11.9. The van der Waals surface area contributed by atoms with Crippen LogP contribution in [-0.2, 0) is 20.9 Å². The van der Waals surface area contributed by atoms with Crippen molar-refractivity contribution in [3.63, 3.8) is 0 Å². The highest BCUT2D eigenvalue weighted by Gasteiger charge is 2.36. The van der Waals surface area contributed by atoms with Gasteiger partial charge in [0.25, 0.3) is 0 Å². The molecular formula is C13H21NO3S. The fraction of sp³-hybridized carbons (Fsp3) is 0.615. The van der Waals surface area contributed by atoms with Gasteiger partial charge in [-0.1, -0.05) is 25.5 Å². The van der Waals surface area contributed by atoms with Crippen molar-refractivity contribution in [2.24, 2.45) is 0 Å². The van der Waals surface area contributed by atoms with Crippen LogP contribution in [-0.4, -0.2) is 39.8 Å².